The molecule has 0 saturated heterocycles. The van der Waals surface area contributed by atoms with Crippen molar-refractivity contribution in [3.8, 4) is 5.75 Å². The maximum atomic E-state index is 13.3. The highest BCUT2D eigenvalue weighted by atomic mass is 32.2. The zero-order valence-corrected chi connectivity index (χ0v) is 21.5. The van der Waals surface area contributed by atoms with Crippen molar-refractivity contribution in [2.75, 3.05) is 6.61 Å². The van der Waals surface area contributed by atoms with Crippen LogP contribution in [0.15, 0.2) is 24.3 Å². The van der Waals surface area contributed by atoms with E-state index in [1.807, 2.05) is 6.07 Å². The molecule has 1 aromatic carbocycles. The molecule has 1 fully saturated rings. The van der Waals surface area contributed by atoms with Gasteiger partial charge < -0.3 is 10.1 Å². The van der Waals surface area contributed by atoms with Gasteiger partial charge in [-0.1, -0.05) is 25.0 Å². The van der Waals surface area contributed by atoms with Crippen LogP contribution in [0.5, 0.6) is 5.75 Å². The highest BCUT2D eigenvalue weighted by Gasteiger charge is 2.35. The van der Waals surface area contributed by atoms with Crippen molar-refractivity contribution < 1.29 is 31.9 Å². The summed E-state index contributed by atoms with van der Waals surface area (Å²) >= 11 is -0.00818. The van der Waals surface area contributed by atoms with Crippen LogP contribution >= 0.6 is 11.9 Å². The Balaban J connectivity index is 1.45. The van der Waals surface area contributed by atoms with Crippen molar-refractivity contribution in [3.05, 3.63) is 46.8 Å². The van der Waals surface area contributed by atoms with Gasteiger partial charge in [-0.25, -0.2) is 8.78 Å². The maximum absolute atomic E-state index is 13.3. The molecule has 0 radical (unpaired) electrons. The lowest BCUT2D eigenvalue weighted by atomic mass is 9.95. The number of nitrogens with zero attached hydrogens (tertiary/aromatic N) is 2. The predicted molar refractivity (Wildman–Crippen MR) is 131 cm³/mol. The second kappa shape index (κ2) is 10.9. The number of aryl methyl sites for hydroxylation is 2. The molecule has 12 heteroatoms. The Morgan fingerprint density at radius 3 is 2.68 bits per heavy atom. The lowest BCUT2D eigenvalue weighted by Crippen LogP contribution is -2.42. The molecule has 1 atom stereocenters. The summed E-state index contributed by atoms with van der Waals surface area (Å²) in [7, 11) is 0. The van der Waals surface area contributed by atoms with Crippen LogP contribution in [-0.4, -0.2) is 45.4 Å². The molecule has 1 aliphatic heterocycles. The molecule has 2 aromatic rings. The van der Waals surface area contributed by atoms with Gasteiger partial charge in [-0.3, -0.25) is 19.0 Å². The fourth-order valence-corrected chi connectivity index (χ4v) is 4.61. The van der Waals surface area contributed by atoms with Gasteiger partial charge in [-0.05, 0) is 42.9 Å². The van der Waals surface area contributed by atoms with E-state index in [2.05, 4.69) is 15.1 Å². The van der Waals surface area contributed by atoms with Gasteiger partial charge in [-0.15, -0.1) is 0 Å². The number of carbonyl (C=O) groups excluding carboxylic acids is 2. The molecule has 1 aromatic heterocycles. The largest absolute Gasteiger partial charge is 0.487 e. The van der Waals surface area contributed by atoms with Crippen LogP contribution in [0, 0.1) is 5.92 Å². The van der Waals surface area contributed by atoms with Crippen LogP contribution in [0.2, 0.25) is 0 Å². The number of nitrogens with one attached hydrogen (secondary N) is 2. The van der Waals surface area contributed by atoms with E-state index in [0.29, 0.717) is 50.1 Å². The quantitative estimate of drug-likeness (QED) is 0.292. The first-order chi connectivity index (χ1) is 17.4. The summed E-state index contributed by atoms with van der Waals surface area (Å²) in [6.07, 6.45) is 4.50. The molecule has 0 spiro atoms. The molecule has 37 heavy (non-hydrogen) atoms. The highest BCUT2D eigenvalue weighted by molar-refractivity contribution is 7.98. The van der Waals surface area contributed by atoms with Crippen LogP contribution in [-0.2, 0) is 19.4 Å². The third-order valence-corrected chi connectivity index (χ3v) is 6.83. The van der Waals surface area contributed by atoms with E-state index >= 15 is 0 Å². The van der Waals surface area contributed by atoms with Gasteiger partial charge in [0.1, 0.15) is 11.4 Å². The van der Waals surface area contributed by atoms with Gasteiger partial charge in [0.15, 0.2) is 6.61 Å². The number of benzene rings is 1. The molecule has 2 heterocycles. The zero-order chi connectivity index (χ0) is 26.8. The van der Waals surface area contributed by atoms with Crippen molar-refractivity contribution in [1.29, 1.82) is 0 Å². The molecule has 1 aliphatic carbocycles. The minimum Gasteiger partial charge on any atom is -0.487 e. The number of amides is 2. The lowest BCUT2D eigenvalue weighted by Gasteiger charge is -2.23. The molecular formula is C25H30F4N4O3S. The predicted octanol–water partition coefficient (Wildman–Crippen LogP) is 5.00. The Hall–Kier alpha value is -2.76. The van der Waals surface area contributed by atoms with Crippen molar-refractivity contribution in [2.45, 2.75) is 76.1 Å². The van der Waals surface area contributed by atoms with Gasteiger partial charge in [-0.2, -0.15) is 13.9 Å². The number of hydrogen-bond donors (Lipinski definition) is 2. The highest BCUT2D eigenvalue weighted by Crippen LogP contribution is 2.34. The molecule has 2 aliphatic rings. The van der Waals surface area contributed by atoms with E-state index in [9.17, 15) is 27.2 Å². The standard InChI is InChI=1S/C25H30F4N4O3S/c1-24(26,27)14-36-18-5-3-4-16(12-18)8-9-17-13-19-20(22(34)30-17)21(23(35)32-37-25(2,28)29)33(31-19)11-10-15-6-7-15/h3-5,12,15,17H,6-11,13-14H2,1-2H3,(H,30,34)(H,32,35)/t17-/m0/s1. The fraction of sp³-hybridized carbons (Fsp3) is 0.560. The second-order valence-electron chi connectivity index (χ2n) is 9.89. The molecular weight excluding hydrogens is 512 g/mol. The summed E-state index contributed by atoms with van der Waals surface area (Å²) in [5.41, 5.74) is 1.45. The van der Waals surface area contributed by atoms with Crippen molar-refractivity contribution in [3.63, 3.8) is 0 Å². The van der Waals surface area contributed by atoms with Crippen LogP contribution in [0.25, 0.3) is 0 Å². The zero-order valence-electron chi connectivity index (χ0n) is 20.7. The van der Waals surface area contributed by atoms with Crippen LogP contribution < -0.4 is 14.8 Å². The Morgan fingerprint density at radius 2 is 2.00 bits per heavy atom. The topological polar surface area (TPSA) is 85.2 Å². The average molecular weight is 543 g/mol. The van der Waals surface area contributed by atoms with E-state index in [4.69, 9.17) is 4.74 Å². The van der Waals surface area contributed by atoms with E-state index < -0.39 is 29.6 Å². The van der Waals surface area contributed by atoms with Gasteiger partial charge >= 0.3 is 5.25 Å². The monoisotopic (exact) mass is 542 g/mol. The van der Waals surface area contributed by atoms with Gasteiger partial charge in [0.2, 0.25) is 0 Å². The second-order valence-corrected chi connectivity index (χ2v) is 11.0. The number of alkyl halides is 4. The molecule has 2 amide bonds. The number of rotatable bonds is 12. The van der Waals surface area contributed by atoms with Crippen LogP contribution in [0.3, 0.4) is 0 Å². The van der Waals surface area contributed by atoms with E-state index in [0.717, 1.165) is 31.7 Å². The van der Waals surface area contributed by atoms with Crippen molar-refractivity contribution in [2.24, 2.45) is 5.92 Å². The Kier molecular flexibility index (Phi) is 8.05. The first kappa shape index (κ1) is 27.3. The molecule has 0 unspecified atom stereocenters. The van der Waals surface area contributed by atoms with Gasteiger partial charge in [0, 0.05) is 44.8 Å². The normalized spacial score (nSPS) is 17.8. The number of halogens is 4. The summed E-state index contributed by atoms with van der Waals surface area (Å²) < 4.78 is 61.6. The first-order valence-electron chi connectivity index (χ1n) is 12.2. The smallest absolute Gasteiger partial charge is 0.309 e. The number of carbonyl (C=O) groups is 2. The summed E-state index contributed by atoms with van der Waals surface area (Å²) in [6.45, 7) is 1.17. The Bertz CT molecular complexity index is 1140. The lowest BCUT2D eigenvalue weighted by molar-refractivity contribution is -0.0229. The van der Waals surface area contributed by atoms with Gasteiger partial charge in [0.05, 0.1) is 11.3 Å². The van der Waals surface area contributed by atoms with E-state index in [1.54, 1.807) is 18.2 Å². The average Bonchev–Trinajstić information content (AvgIpc) is 3.57. The molecule has 2 N–H and O–H groups in total. The number of ether oxygens (including phenoxy) is 1. The maximum Gasteiger partial charge on any atom is 0.309 e. The van der Waals surface area contributed by atoms with Gasteiger partial charge in [0.25, 0.3) is 17.7 Å². The van der Waals surface area contributed by atoms with Crippen molar-refractivity contribution >= 4 is 23.8 Å². The van der Waals surface area contributed by atoms with Crippen molar-refractivity contribution in [1.82, 2.24) is 19.8 Å². The van der Waals surface area contributed by atoms with Crippen LogP contribution in [0.1, 0.15) is 71.6 Å². The summed E-state index contributed by atoms with van der Waals surface area (Å²) in [5, 5.41) is 4.28. The first-order valence-corrected chi connectivity index (χ1v) is 13.1. The minimum atomic E-state index is -3.16. The summed E-state index contributed by atoms with van der Waals surface area (Å²) in [5.74, 6) is -3.29. The fourth-order valence-electron chi connectivity index (χ4n) is 4.24. The number of hydrogen-bond acceptors (Lipinski definition) is 5. The molecule has 1 saturated carbocycles. The van der Waals surface area contributed by atoms with E-state index in [-0.39, 0.29) is 29.2 Å². The van der Waals surface area contributed by atoms with E-state index in [1.165, 1.54) is 4.68 Å². The summed E-state index contributed by atoms with van der Waals surface area (Å²) in [4.78, 5) is 25.9. The minimum absolute atomic E-state index is 0.000857. The van der Waals surface area contributed by atoms with Crippen LogP contribution in [0.4, 0.5) is 17.6 Å². The molecule has 202 valence electrons. The number of fused-ring (bicyclic) bond motifs is 1. The SMILES string of the molecule is CC(F)(F)COc1cccc(CC[C@H]2Cc3nn(CCC4CC4)c(C(=O)NSC(C)(F)F)c3C(=O)N2)c1. The Labute approximate surface area is 216 Å². The molecule has 4 rings (SSSR count). The number of aromatic nitrogens is 2. The third kappa shape index (κ3) is 7.86. The third-order valence-electron chi connectivity index (χ3n) is 6.18. The summed E-state index contributed by atoms with van der Waals surface area (Å²) in [6, 6.07) is 6.61. The Morgan fingerprint density at radius 1 is 1.24 bits per heavy atom. The molecule has 0 bridgehead atoms. The molecule has 7 nitrogen and oxygen atoms in total.